The Hall–Kier alpha value is -4.21. The van der Waals surface area contributed by atoms with Gasteiger partial charge in [-0.1, -0.05) is 0 Å². The van der Waals surface area contributed by atoms with Crippen molar-refractivity contribution in [2.75, 3.05) is 6.54 Å². The number of amides is 1. The summed E-state index contributed by atoms with van der Waals surface area (Å²) in [5.41, 5.74) is -1.01. The number of aromatic hydroxyl groups is 4. The molecule has 1 aromatic heterocycles. The maximum absolute atomic E-state index is 13.2. The lowest BCUT2D eigenvalue weighted by Gasteiger charge is -2.21. The molecule has 166 valence electrons. The number of phenols is 4. The third kappa shape index (κ3) is 3.55. The number of nitrogens with zero attached hydrogens (tertiary/aromatic N) is 1. The molecule has 1 aliphatic heterocycles. The van der Waals surface area contributed by atoms with E-state index in [2.05, 4.69) is 0 Å². The number of likely N-dealkylation sites (tertiary alicyclic amines) is 1. The number of benzene rings is 2. The smallest absolute Gasteiger partial charge is 0.334 e. The van der Waals surface area contributed by atoms with Crippen LogP contribution in [0, 0.1) is 0 Å². The van der Waals surface area contributed by atoms with Gasteiger partial charge in [0.05, 0.1) is 0 Å². The van der Waals surface area contributed by atoms with E-state index >= 15 is 0 Å². The van der Waals surface area contributed by atoms with Crippen LogP contribution in [0.15, 0.2) is 39.5 Å². The highest BCUT2D eigenvalue weighted by Crippen LogP contribution is 2.38. The van der Waals surface area contributed by atoms with Crippen molar-refractivity contribution >= 4 is 22.8 Å². The van der Waals surface area contributed by atoms with Crippen molar-refractivity contribution in [2.45, 2.75) is 25.8 Å². The fraction of sp³-hybridized carbons (Fsp3) is 0.227. The van der Waals surface area contributed by atoms with Crippen molar-refractivity contribution in [2.24, 2.45) is 0 Å². The largest absolute Gasteiger partial charge is 0.508 e. The Morgan fingerprint density at radius 3 is 2.50 bits per heavy atom. The topological polar surface area (TPSA) is 158 Å². The van der Waals surface area contributed by atoms with E-state index in [-0.39, 0.29) is 33.9 Å². The Morgan fingerprint density at radius 1 is 1.06 bits per heavy atom. The summed E-state index contributed by atoms with van der Waals surface area (Å²) in [5, 5.41) is 39.1. The summed E-state index contributed by atoms with van der Waals surface area (Å²) < 4.78 is 11.1. The van der Waals surface area contributed by atoms with Crippen LogP contribution >= 0.6 is 0 Å². The molecule has 0 spiro atoms. The predicted octanol–water partition coefficient (Wildman–Crippen LogP) is 2.20. The van der Waals surface area contributed by atoms with Gasteiger partial charge in [0.2, 0.25) is 17.1 Å². The Kier molecular flexibility index (Phi) is 5.13. The standard InChI is InChI=1S/C22H19NO9/c1-10(24)23-6-2-3-13(23)22(30)32-21-19(29)18-16(28)8-12(25)9-17(18)31-20(21)11-4-5-14(26)15(27)7-11/h4-5,7-9,13,25-28H,2-3,6H2,1H3/t13-/m0/s1. The lowest BCUT2D eigenvalue weighted by atomic mass is 10.1. The molecule has 1 saturated heterocycles. The van der Waals surface area contributed by atoms with E-state index < -0.39 is 40.4 Å². The first-order valence-electron chi connectivity index (χ1n) is 9.71. The van der Waals surface area contributed by atoms with Gasteiger partial charge in [0.15, 0.2) is 17.3 Å². The van der Waals surface area contributed by atoms with Crippen LogP contribution in [-0.4, -0.2) is 49.8 Å². The average Bonchev–Trinajstić information content (AvgIpc) is 3.22. The van der Waals surface area contributed by atoms with Crippen LogP contribution in [0.1, 0.15) is 19.8 Å². The van der Waals surface area contributed by atoms with Crippen LogP contribution in [0.4, 0.5) is 0 Å². The SMILES string of the molecule is CC(=O)N1CCC[C@H]1C(=O)Oc1c(-c2ccc(O)c(O)c2)oc2cc(O)cc(O)c2c1=O. The van der Waals surface area contributed by atoms with Gasteiger partial charge in [-0.25, -0.2) is 4.79 Å². The van der Waals surface area contributed by atoms with Gasteiger partial charge in [-0.05, 0) is 31.0 Å². The number of fused-ring (bicyclic) bond motifs is 1. The zero-order chi connectivity index (χ0) is 23.2. The molecule has 3 aromatic rings. The molecule has 1 amide bonds. The van der Waals surface area contributed by atoms with E-state index in [9.17, 15) is 34.8 Å². The third-order valence-corrected chi connectivity index (χ3v) is 5.29. The van der Waals surface area contributed by atoms with Gasteiger partial charge in [0.1, 0.15) is 28.5 Å². The van der Waals surface area contributed by atoms with Crippen LogP contribution in [0.3, 0.4) is 0 Å². The Labute approximate surface area is 180 Å². The Bertz CT molecular complexity index is 1310. The van der Waals surface area contributed by atoms with Crippen LogP contribution in [0.25, 0.3) is 22.3 Å². The van der Waals surface area contributed by atoms with E-state index in [4.69, 9.17) is 9.15 Å². The molecule has 10 heteroatoms. The zero-order valence-electron chi connectivity index (χ0n) is 16.9. The molecule has 0 unspecified atom stereocenters. The molecule has 1 fully saturated rings. The summed E-state index contributed by atoms with van der Waals surface area (Å²) >= 11 is 0. The monoisotopic (exact) mass is 441 g/mol. The second-order valence-electron chi connectivity index (χ2n) is 7.42. The van der Waals surface area contributed by atoms with Gasteiger partial charge in [0, 0.05) is 31.2 Å². The molecule has 4 rings (SSSR count). The third-order valence-electron chi connectivity index (χ3n) is 5.29. The molecule has 10 nitrogen and oxygen atoms in total. The highest BCUT2D eigenvalue weighted by Gasteiger charge is 2.35. The molecule has 4 N–H and O–H groups in total. The molecule has 0 aliphatic carbocycles. The lowest BCUT2D eigenvalue weighted by molar-refractivity contribution is -0.145. The number of carbonyl (C=O) groups excluding carboxylic acids is 2. The highest BCUT2D eigenvalue weighted by molar-refractivity contribution is 5.91. The van der Waals surface area contributed by atoms with Gasteiger partial charge in [-0.3, -0.25) is 9.59 Å². The molecule has 0 saturated carbocycles. The first kappa shape index (κ1) is 21.0. The van der Waals surface area contributed by atoms with Gasteiger partial charge in [-0.15, -0.1) is 0 Å². The van der Waals surface area contributed by atoms with Crippen molar-refractivity contribution in [1.29, 1.82) is 0 Å². The quantitative estimate of drug-likeness (QED) is 0.353. The fourth-order valence-corrected chi connectivity index (χ4v) is 3.77. The summed E-state index contributed by atoms with van der Waals surface area (Å²) in [6.45, 7) is 1.70. The Morgan fingerprint density at radius 2 is 1.81 bits per heavy atom. The van der Waals surface area contributed by atoms with E-state index in [0.717, 1.165) is 24.3 Å². The second kappa shape index (κ2) is 7.80. The summed E-state index contributed by atoms with van der Waals surface area (Å²) in [6, 6.07) is 4.70. The second-order valence-corrected chi connectivity index (χ2v) is 7.42. The van der Waals surface area contributed by atoms with Crippen molar-refractivity contribution < 1.29 is 39.2 Å². The molecule has 0 bridgehead atoms. The minimum absolute atomic E-state index is 0.0831. The van der Waals surface area contributed by atoms with Crippen LogP contribution in [-0.2, 0) is 9.59 Å². The van der Waals surface area contributed by atoms with Crippen LogP contribution < -0.4 is 10.2 Å². The molecular weight excluding hydrogens is 422 g/mol. The maximum atomic E-state index is 13.2. The van der Waals surface area contributed by atoms with E-state index in [1.807, 2.05) is 0 Å². The minimum Gasteiger partial charge on any atom is -0.508 e. The number of hydrogen-bond acceptors (Lipinski definition) is 9. The van der Waals surface area contributed by atoms with Crippen molar-refractivity contribution in [1.82, 2.24) is 4.90 Å². The lowest BCUT2D eigenvalue weighted by Crippen LogP contribution is -2.41. The molecule has 2 aromatic carbocycles. The average molecular weight is 441 g/mol. The number of phenolic OH excluding ortho intramolecular Hbond substituents is 4. The first-order valence-corrected chi connectivity index (χ1v) is 9.71. The number of esters is 1. The number of carbonyl (C=O) groups is 2. The summed E-state index contributed by atoms with van der Waals surface area (Å²) in [5.74, 6) is -3.90. The summed E-state index contributed by atoms with van der Waals surface area (Å²) in [4.78, 5) is 39.2. The van der Waals surface area contributed by atoms with Gasteiger partial charge in [0.25, 0.3) is 0 Å². The fourth-order valence-electron chi connectivity index (χ4n) is 3.77. The number of hydrogen-bond donors (Lipinski definition) is 4. The van der Waals surface area contributed by atoms with E-state index in [0.29, 0.717) is 19.4 Å². The van der Waals surface area contributed by atoms with E-state index in [1.165, 1.54) is 17.9 Å². The zero-order valence-corrected chi connectivity index (χ0v) is 16.9. The minimum atomic E-state index is -0.896. The molecule has 1 aliphatic rings. The normalized spacial score (nSPS) is 15.8. The van der Waals surface area contributed by atoms with Crippen molar-refractivity contribution in [3.8, 4) is 40.1 Å². The number of ether oxygens (including phenoxy) is 1. The van der Waals surface area contributed by atoms with Crippen molar-refractivity contribution in [3.05, 3.63) is 40.6 Å². The summed E-state index contributed by atoms with van der Waals surface area (Å²) in [6.07, 6.45) is 0.941. The van der Waals surface area contributed by atoms with E-state index in [1.54, 1.807) is 0 Å². The number of rotatable bonds is 3. The molecule has 0 radical (unpaired) electrons. The predicted molar refractivity (Wildman–Crippen MR) is 111 cm³/mol. The van der Waals surface area contributed by atoms with Crippen LogP contribution in [0.5, 0.6) is 28.7 Å². The van der Waals surface area contributed by atoms with Crippen LogP contribution in [0.2, 0.25) is 0 Å². The summed E-state index contributed by atoms with van der Waals surface area (Å²) in [7, 11) is 0. The Balaban J connectivity index is 1.90. The van der Waals surface area contributed by atoms with Gasteiger partial charge in [-0.2, -0.15) is 0 Å². The molecule has 2 heterocycles. The maximum Gasteiger partial charge on any atom is 0.334 e. The van der Waals surface area contributed by atoms with Crippen molar-refractivity contribution in [3.63, 3.8) is 0 Å². The molecular formula is C22H19NO9. The van der Waals surface area contributed by atoms with Gasteiger partial charge < -0.3 is 34.5 Å². The first-order chi connectivity index (χ1) is 15.2. The highest BCUT2D eigenvalue weighted by atomic mass is 16.5. The molecule has 32 heavy (non-hydrogen) atoms. The molecule has 1 atom stereocenters. The van der Waals surface area contributed by atoms with Gasteiger partial charge >= 0.3 is 5.97 Å².